The highest BCUT2D eigenvalue weighted by molar-refractivity contribution is 5.78. The van der Waals surface area contributed by atoms with Crippen LogP contribution in [0.1, 0.15) is 19.8 Å². The standard InChI is InChI=1S/C22H22FN3O3/c1-15-5-4-12-26(13-15)20(27)14-28-19-7-3-2-6-18(19)21-24-22(29-25-21)16-8-10-17(23)11-9-16/h2-3,6-11,15H,4-5,12-14H2,1H3/t15-/m1/s1. The molecule has 0 aliphatic carbocycles. The predicted octanol–water partition coefficient (Wildman–Crippen LogP) is 4.18. The Morgan fingerprint density at radius 1 is 1.24 bits per heavy atom. The van der Waals surface area contributed by atoms with E-state index in [0.29, 0.717) is 28.6 Å². The summed E-state index contributed by atoms with van der Waals surface area (Å²) in [6.45, 7) is 3.67. The van der Waals surface area contributed by atoms with E-state index in [0.717, 1.165) is 25.9 Å². The van der Waals surface area contributed by atoms with Crippen LogP contribution in [0.25, 0.3) is 22.8 Å². The third-order valence-corrected chi connectivity index (χ3v) is 5.01. The van der Waals surface area contributed by atoms with Crippen molar-refractivity contribution in [3.63, 3.8) is 0 Å². The van der Waals surface area contributed by atoms with Gasteiger partial charge in [-0.05, 0) is 55.2 Å². The lowest BCUT2D eigenvalue weighted by Gasteiger charge is -2.30. The van der Waals surface area contributed by atoms with Crippen LogP contribution in [0.5, 0.6) is 5.75 Å². The average molecular weight is 395 g/mol. The van der Waals surface area contributed by atoms with Gasteiger partial charge in [0.25, 0.3) is 11.8 Å². The molecule has 0 spiro atoms. The number of ether oxygens (including phenoxy) is 1. The van der Waals surface area contributed by atoms with Gasteiger partial charge in [-0.25, -0.2) is 4.39 Å². The molecule has 0 N–H and O–H groups in total. The van der Waals surface area contributed by atoms with E-state index in [-0.39, 0.29) is 24.2 Å². The van der Waals surface area contributed by atoms with Crippen molar-refractivity contribution in [1.82, 2.24) is 15.0 Å². The highest BCUT2D eigenvalue weighted by Crippen LogP contribution is 2.29. The maximum absolute atomic E-state index is 13.1. The van der Waals surface area contributed by atoms with Gasteiger partial charge >= 0.3 is 0 Å². The van der Waals surface area contributed by atoms with Crippen molar-refractivity contribution in [2.24, 2.45) is 5.92 Å². The van der Waals surface area contributed by atoms with Crippen molar-refractivity contribution >= 4 is 5.91 Å². The van der Waals surface area contributed by atoms with Crippen LogP contribution in [0.2, 0.25) is 0 Å². The Hall–Kier alpha value is -3.22. The van der Waals surface area contributed by atoms with Crippen LogP contribution in [-0.4, -0.2) is 40.6 Å². The Morgan fingerprint density at radius 2 is 2.03 bits per heavy atom. The summed E-state index contributed by atoms with van der Waals surface area (Å²) in [4.78, 5) is 18.8. The molecule has 1 aromatic heterocycles. The number of nitrogens with zero attached hydrogens (tertiary/aromatic N) is 3. The number of para-hydroxylation sites is 1. The van der Waals surface area contributed by atoms with E-state index in [1.54, 1.807) is 18.2 Å². The third kappa shape index (κ3) is 4.45. The average Bonchev–Trinajstić information content (AvgIpc) is 3.23. The van der Waals surface area contributed by atoms with Gasteiger partial charge in [0, 0.05) is 18.7 Å². The zero-order valence-electron chi connectivity index (χ0n) is 16.2. The Balaban J connectivity index is 1.48. The molecule has 1 saturated heterocycles. The number of carbonyl (C=O) groups excluding carboxylic acids is 1. The number of amides is 1. The first-order valence-corrected chi connectivity index (χ1v) is 9.70. The van der Waals surface area contributed by atoms with Crippen molar-refractivity contribution in [3.05, 3.63) is 54.3 Å². The van der Waals surface area contributed by atoms with Crippen molar-refractivity contribution < 1.29 is 18.4 Å². The maximum atomic E-state index is 13.1. The molecule has 0 radical (unpaired) electrons. The highest BCUT2D eigenvalue weighted by atomic mass is 19.1. The van der Waals surface area contributed by atoms with E-state index in [1.165, 1.54) is 12.1 Å². The first-order valence-electron chi connectivity index (χ1n) is 9.70. The summed E-state index contributed by atoms with van der Waals surface area (Å²) in [6.07, 6.45) is 2.18. The number of hydrogen-bond donors (Lipinski definition) is 0. The molecule has 2 heterocycles. The normalized spacial score (nSPS) is 16.6. The van der Waals surface area contributed by atoms with Crippen molar-refractivity contribution in [2.75, 3.05) is 19.7 Å². The molecule has 1 aliphatic heterocycles. The molecule has 3 aromatic rings. The van der Waals surface area contributed by atoms with E-state index in [1.807, 2.05) is 23.1 Å². The molecule has 0 saturated carbocycles. The second-order valence-corrected chi connectivity index (χ2v) is 7.30. The van der Waals surface area contributed by atoms with Gasteiger partial charge in [0.15, 0.2) is 6.61 Å². The van der Waals surface area contributed by atoms with E-state index >= 15 is 0 Å². The topological polar surface area (TPSA) is 68.5 Å². The fourth-order valence-corrected chi connectivity index (χ4v) is 3.47. The number of aromatic nitrogens is 2. The number of rotatable bonds is 5. The number of carbonyl (C=O) groups is 1. The summed E-state index contributed by atoms with van der Waals surface area (Å²) in [7, 11) is 0. The summed E-state index contributed by atoms with van der Waals surface area (Å²) in [5, 5.41) is 4.02. The van der Waals surface area contributed by atoms with Crippen LogP contribution in [0.3, 0.4) is 0 Å². The molecular weight excluding hydrogens is 373 g/mol. The molecule has 6 nitrogen and oxygen atoms in total. The third-order valence-electron chi connectivity index (χ3n) is 5.01. The van der Waals surface area contributed by atoms with Crippen LogP contribution in [0.15, 0.2) is 53.1 Å². The van der Waals surface area contributed by atoms with Gasteiger partial charge in [-0.2, -0.15) is 4.98 Å². The van der Waals surface area contributed by atoms with E-state index in [9.17, 15) is 9.18 Å². The van der Waals surface area contributed by atoms with E-state index in [2.05, 4.69) is 17.1 Å². The molecule has 150 valence electrons. The van der Waals surface area contributed by atoms with Gasteiger partial charge < -0.3 is 14.2 Å². The molecule has 0 bridgehead atoms. The first-order chi connectivity index (χ1) is 14.1. The minimum absolute atomic E-state index is 0.0218. The summed E-state index contributed by atoms with van der Waals surface area (Å²) < 4.78 is 24.2. The number of piperidine rings is 1. The van der Waals surface area contributed by atoms with Gasteiger partial charge in [0.05, 0.1) is 5.56 Å². The molecule has 1 amide bonds. The molecule has 7 heteroatoms. The summed E-state index contributed by atoms with van der Waals surface area (Å²) >= 11 is 0. The smallest absolute Gasteiger partial charge is 0.260 e. The predicted molar refractivity (Wildman–Crippen MR) is 106 cm³/mol. The van der Waals surface area contributed by atoms with Gasteiger partial charge in [-0.3, -0.25) is 4.79 Å². The minimum atomic E-state index is -0.333. The lowest BCUT2D eigenvalue weighted by molar-refractivity contribution is -0.135. The second-order valence-electron chi connectivity index (χ2n) is 7.30. The number of hydrogen-bond acceptors (Lipinski definition) is 5. The molecule has 1 aliphatic rings. The number of benzene rings is 2. The Morgan fingerprint density at radius 3 is 2.83 bits per heavy atom. The van der Waals surface area contributed by atoms with Crippen LogP contribution in [-0.2, 0) is 4.79 Å². The monoisotopic (exact) mass is 395 g/mol. The largest absolute Gasteiger partial charge is 0.483 e. The fraction of sp³-hybridized carbons (Fsp3) is 0.318. The molecule has 2 aromatic carbocycles. The Kier molecular flexibility index (Phi) is 5.55. The lowest BCUT2D eigenvalue weighted by atomic mass is 10.0. The second kappa shape index (κ2) is 8.43. The van der Waals surface area contributed by atoms with Crippen molar-refractivity contribution in [1.29, 1.82) is 0 Å². The zero-order valence-corrected chi connectivity index (χ0v) is 16.2. The molecule has 4 rings (SSSR count). The van der Waals surface area contributed by atoms with Crippen LogP contribution >= 0.6 is 0 Å². The summed E-state index contributed by atoms with van der Waals surface area (Å²) in [5.74, 6) is 1.31. The lowest BCUT2D eigenvalue weighted by Crippen LogP contribution is -2.41. The van der Waals surface area contributed by atoms with Gasteiger partial charge in [-0.15, -0.1) is 0 Å². The highest BCUT2D eigenvalue weighted by Gasteiger charge is 2.22. The van der Waals surface area contributed by atoms with Crippen molar-refractivity contribution in [2.45, 2.75) is 19.8 Å². The van der Waals surface area contributed by atoms with Crippen molar-refractivity contribution in [3.8, 4) is 28.6 Å². The van der Waals surface area contributed by atoms with Crippen LogP contribution in [0.4, 0.5) is 4.39 Å². The molecule has 0 unspecified atom stereocenters. The quantitative estimate of drug-likeness (QED) is 0.648. The first kappa shape index (κ1) is 19.1. The molecule has 1 fully saturated rings. The van der Waals surface area contributed by atoms with E-state index < -0.39 is 0 Å². The summed E-state index contributed by atoms with van der Waals surface area (Å²) in [6, 6.07) is 13.1. The van der Waals surface area contributed by atoms with Gasteiger partial charge in [0.2, 0.25) is 5.82 Å². The fourth-order valence-electron chi connectivity index (χ4n) is 3.47. The zero-order chi connectivity index (χ0) is 20.2. The van der Waals surface area contributed by atoms with Crippen LogP contribution < -0.4 is 4.74 Å². The number of halogens is 1. The molecule has 1 atom stereocenters. The van der Waals surface area contributed by atoms with Gasteiger partial charge in [0.1, 0.15) is 11.6 Å². The maximum Gasteiger partial charge on any atom is 0.260 e. The Bertz CT molecular complexity index is 987. The van der Waals surface area contributed by atoms with E-state index in [4.69, 9.17) is 9.26 Å². The number of likely N-dealkylation sites (tertiary alicyclic amines) is 1. The molecular formula is C22H22FN3O3. The van der Waals surface area contributed by atoms with Gasteiger partial charge in [-0.1, -0.05) is 24.2 Å². The van der Waals surface area contributed by atoms with Crippen LogP contribution in [0, 0.1) is 11.7 Å². The molecule has 29 heavy (non-hydrogen) atoms. The SMILES string of the molecule is C[C@@H]1CCCN(C(=O)COc2ccccc2-c2noc(-c3ccc(F)cc3)n2)C1. The summed E-state index contributed by atoms with van der Waals surface area (Å²) in [5.41, 5.74) is 1.25. The Labute approximate surface area is 168 Å². The minimum Gasteiger partial charge on any atom is -0.483 e.